The Bertz CT molecular complexity index is 574. The Balaban J connectivity index is 2.79. The molecule has 0 saturated heterocycles. The summed E-state index contributed by atoms with van der Waals surface area (Å²) in [5, 5.41) is 0.191. The monoisotopic (exact) mass is 240 g/mol. The van der Waals surface area contributed by atoms with Crippen LogP contribution in [0.4, 0.5) is 4.39 Å². The molecule has 16 heavy (non-hydrogen) atoms. The fraction of sp³-hybridized carbons (Fsp3) is 0.100. The molecule has 2 rings (SSSR count). The first-order valence-electron chi connectivity index (χ1n) is 4.33. The van der Waals surface area contributed by atoms with Gasteiger partial charge in [-0.05, 0) is 29.8 Å². The van der Waals surface area contributed by atoms with E-state index in [-0.39, 0.29) is 16.4 Å². The maximum Gasteiger partial charge on any atom is 0.357 e. The Labute approximate surface area is 95.0 Å². The third-order valence-electron chi connectivity index (χ3n) is 2.01. The van der Waals surface area contributed by atoms with Gasteiger partial charge >= 0.3 is 5.97 Å². The molecule has 0 atom stereocenters. The van der Waals surface area contributed by atoms with Gasteiger partial charge in [-0.25, -0.2) is 19.2 Å². The van der Waals surface area contributed by atoms with Gasteiger partial charge < -0.3 is 4.74 Å². The van der Waals surface area contributed by atoms with Gasteiger partial charge in [0.1, 0.15) is 5.82 Å². The second kappa shape index (κ2) is 4.02. The molecule has 0 radical (unpaired) electrons. The molecule has 0 saturated carbocycles. The van der Waals surface area contributed by atoms with Crippen LogP contribution in [-0.4, -0.2) is 23.0 Å². The molecule has 4 nitrogen and oxygen atoms in total. The zero-order chi connectivity index (χ0) is 11.7. The van der Waals surface area contributed by atoms with Crippen LogP contribution in [0.1, 0.15) is 10.5 Å². The number of rotatable bonds is 1. The molecule has 0 fully saturated rings. The molecule has 82 valence electrons. The Hall–Kier alpha value is -1.75. The molecule has 1 heterocycles. The zero-order valence-electron chi connectivity index (χ0n) is 8.20. The minimum Gasteiger partial charge on any atom is -0.464 e. The van der Waals surface area contributed by atoms with Crippen LogP contribution in [0, 0.1) is 5.82 Å². The van der Waals surface area contributed by atoms with Crippen molar-refractivity contribution >= 4 is 28.5 Å². The van der Waals surface area contributed by atoms with E-state index in [0.717, 1.165) is 6.07 Å². The summed E-state index contributed by atoms with van der Waals surface area (Å²) in [6, 6.07) is 3.81. The number of esters is 1. The molecule has 1 aromatic carbocycles. The number of hydrogen-bond donors (Lipinski definition) is 0. The number of methoxy groups -OCH3 is 1. The van der Waals surface area contributed by atoms with Crippen molar-refractivity contribution in [3.8, 4) is 0 Å². The Morgan fingerprint density at radius 2 is 2.19 bits per heavy atom. The van der Waals surface area contributed by atoms with Gasteiger partial charge in [0.2, 0.25) is 5.28 Å². The van der Waals surface area contributed by atoms with E-state index in [1.54, 1.807) is 0 Å². The van der Waals surface area contributed by atoms with Crippen LogP contribution >= 0.6 is 11.6 Å². The summed E-state index contributed by atoms with van der Waals surface area (Å²) >= 11 is 5.64. The standard InChI is InChI=1S/C10H6ClFN2O2/c1-16-9(15)8-6-4-5(12)2-3-7(6)13-10(11)14-8/h2-4H,1H3. The number of nitrogens with zero attached hydrogens (tertiary/aromatic N) is 2. The van der Waals surface area contributed by atoms with E-state index < -0.39 is 11.8 Å². The third-order valence-corrected chi connectivity index (χ3v) is 2.18. The molecule has 0 spiro atoms. The van der Waals surface area contributed by atoms with Crippen LogP contribution in [0.15, 0.2) is 18.2 Å². The number of halogens is 2. The second-order valence-corrected chi connectivity index (χ2v) is 3.33. The molecule has 0 bridgehead atoms. The van der Waals surface area contributed by atoms with Crippen molar-refractivity contribution in [1.82, 2.24) is 9.97 Å². The van der Waals surface area contributed by atoms with Gasteiger partial charge in [-0.3, -0.25) is 0 Å². The number of fused-ring (bicyclic) bond motifs is 1. The number of aromatic nitrogens is 2. The molecule has 0 aliphatic rings. The number of carbonyl (C=O) groups excluding carboxylic acids is 1. The van der Waals surface area contributed by atoms with Gasteiger partial charge in [0.15, 0.2) is 5.69 Å². The summed E-state index contributed by atoms with van der Waals surface area (Å²) in [6.45, 7) is 0. The van der Waals surface area contributed by atoms with Crippen molar-refractivity contribution in [2.45, 2.75) is 0 Å². The first kappa shape index (κ1) is 10.8. The van der Waals surface area contributed by atoms with Crippen LogP contribution in [0.5, 0.6) is 0 Å². The van der Waals surface area contributed by atoms with Crippen LogP contribution in [-0.2, 0) is 4.74 Å². The second-order valence-electron chi connectivity index (χ2n) is 2.99. The predicted octanol–water partition coefficient (Wildman–Crippen LogP) is 2.21. The van der Waals surface area contributed by atoms with Gasteiger partial charge in [0.25, 0.3) is 0 Å². The SMILES string of the molecule is COC(=O)c1nc(Cl)nc2ccc(F)cc12. The van der Waals surface area contributed by atoms with Crippen LogP contribution in [0.3, 0.4) is 0 Å². The molecule has 0 amide bonds. The van der Waals surface area contributed by atoms with Gasteiger partial charge in [-0.15, -0.1) is 0 Å². The van der Waals surface area contributed by atoms with Gasteiger partial charge in [-0.1, -0.05) is 0 Å². The molecule has 0 N–H and O–H groups in total. The lowest BCUT2D eigenvalue weighted by Gasteiger charge is -2.03. The minimum absolute atomic E-state index is 0.0444. The first-order valence-corrected chi connectivity index (χ1v) is 4.70. The zero-order valence-corrected chi connectivity index (χ0v) is 8.95. The lowest BCUT2D eigenvalue weighted by molar-refractivity contribution is 0.0596. The summed E-state index contributed by atoms with van der Waals surface area (Å²) in [6.07, 6.45) is 0. The maximum atomic E-state index is 13.0. The predicted molar refractivity (Wildman–Crippen MR) is 55.8 cm³/mol. The van der Waals surface area contributed by atoms with Crippen LogP contribution < -0.4 is 0 Å². The highest BCUT2D eigenvalue weighted by Crippen LogP contribution is 2.19. The van der Waals surface area contributed by atoms with Crippen LogP contribution in [0.25, 0.3) is 10.9 Å². The highest BCUT2D eigenvalue weighted by molar-refractivity contribution is 6.29. The number of hydrogen-bond acceptors (Lipinski definition) is 4. The van der Waals surface area contributed by atoms with E-state index in [2.05, 4.69) is 14.7 Å². The number of carbonyl (C=O) groups is 1. The van der Waals surface area contributed by atoms with E-state index in [1.807, 2.05) is 0 Å². The third kappa shape index (κ3) is 1.81. The smallest absolute Gasteiger partial charge is 0.357 e. The fourth-order valence-electron chi connectivity index (χ4n) is 1.32. The topological polar surface area (TPSA) is 52.1 Å². The van der Waals surface area contributed by atoms with Crippen molar-refractivity contribution in [3.63, 3.8) is 0 Å². The van der Waals surface area contributed by atoms with Crippen molar-refractivity contribution < 1.29 is 13.9 Å². The Morgan fingerprint density at radius 1 is 1.44 bits per heavy atom. The number of benzene rings is 1. The summed E-state index contributed by atoms with van der Waals surface area (Å²) < 4.78 is 17.6. The van der Waals surface area contributed by atoms with Gasteiger partial charge in [0.05, 0.1) is 12.6 Å². The highest BCUT2D eigenvalue weighted by atomic mass is 35.5. The summed E-state index contributed by atoms with van der Waals surface area (Å²) in [5.74, 6) is -1.16. The highest BCUT2D eigenvalue weighted by Gasteiger charge is 2.15. The molecule has 0 aliphatic carbocycles. The molecule has 0 aliphatic heterocycles. The van der Waals surface area contributed by atoms with E-state index in [4.69, 9.17) is 11.6 Å². The van der Waals surface area contributed by atoms with Gasteiger partial charge in [-0.2, -0.15) is 0 Å². The Morgan fingerprint density at radius 3 is 2.88 bits per heavy atom. The lowest BCUT2D eigenvalue weighted by Crippen LogP contribution is -2.06. The summed E-state index contributed by atoms with van der Waals surface area (Å²) in [7, 11) is 1.21. The molecule has 6 heteroatoms. The first-order chi connectivity index (χ1) is 7.61. The van der Waals surface area contributed by atoms with E-state index in [0.29, 0.717) is 5.52 Å². The van der Waals surface area contributed by atoms with E-state index in [9.17, 15) is 9.18 Å². The lowest BCUT2D eigenvalue weighted by atomic mass is 10.2. The molecular weight excluding hydrogens is 235 g/mol. The molecule has 2 aromatic rings. The molecule has 0 unspecified atom stereocenters. The minimum atomic E-state index is -0.681. The normalized spacial score (nSPS) is 10.4. The average Bonchev–Trinajstić information content (AvgIpc) is 2.27. The average molecular weight is 241 g/mol. The van der Waals surface area contributed by atoms with Gasteiger partial charge in [0, 0.05) is 5.39 Å². The largest absolute Gasteiger partial charge is 0.464 e. The van der Waals surface area contributed by atoms with Crippen molar-refractivity contribution in [3.05, 3.63) is 35.0 Å². The summed E-state index contributed by atoms with van der Waals surface area (Å²) in [4.78, 5) is 19.0. The van der Waals surface area contributed by atoms with Crippen molar-refractivity contribution in [2.75, 3.05) is 7.11 Å². The quantitative estimate of drug-likeness (QED) is 0.566. The Kier molecular flexibility index (Phi) is 2.70. The molecule has 1 aromatic heterocycles. The van der Waals surface area contributed by atoms with Crippen LogP contribution in [0.2, 0.25) is 5.28 Å². The molecular formula is C10H6ClFN2O2. The fourth-order valence-corrected chi connectivity index (χ4v) is 1.50. The van der Waals surface area contributed by atoms with Crippen molar-refractivity contribution in [1.29, 1.82) is 0 Å². The summed E-state index contributed by atoms with van der Waals surface area (Å²) in [5.41, 5.74) is 0.346. The van der Waals surface area contributed by atoms with E-state index in [1.165, 1.54) is 19.2 Å². The number of ether oxygens (including phenoxy) is 1. The maximum absolute atomic E-state index is 13.0. The van der Waals surface area contributed by atoms with E-state index >= 15 is 0 Å². The van der Waals surface area contributed by atoms with Crippen molar-refractivity contribution in [2.24, 2.45) is 0 Å².